The molecule has 5 aromatic rings. The van der Waals surface area contributed by atoms with Gasteiger partial charge in [0.25, 0.3) is 0 Å². The fourth-order valence-electron chi connectivity index (χ4n) is 5.43. The van der Waals surface area contributed by atoms with E-state index >= 15 is 0 Å². The number of hydrogen-bond donors (Lipinski definition) is 1. The summed E-state index contributed by atoms with van der Waals surface area (Å²) < 4.78 is 1.80. The number of aliphatic hydroxyl groups is 1. The highest BCUT2D eigenvalue weighted by Gasteiger charge is 2.52. The number of aromatic nitrogens is 4. The van der Waals surface area contributed by atoms with Gasteiger partial charge in [-0.2, -0.15) is 9.61 Å². The van der Waals surface area contributed by atoms with Crippen molar-refractivity contribution in [3.63, 3.8) is 0 Å². The molecule has 0 saturated heterocycles. The Kier molecular flexibility index (Phi) is 4.00. The summed E-state index contributed by atoms with van der Waals surface area (Å²) in [5.41, 5.74) is 6.71. The Morgan fingerprint density at radius 1 is 0.909 bits per heavy atom. The van der Waals surface area contributed by atoms with Crippen LogP contribution in [0.4, 0.5) is 0 Å². The van der Waals surface area contributed by atoms with E-state index in [0.717, 1.165) is 51.9 Å². The van der Waals surface area contributed by atoms with E-state index < -0.39 is 5.60 Å². The Hall–Kier alpha value is -3.57. The lowest BCUT2D eigenvalue weighted by molar-refractivity contribution is -0.0679. The smallest absolute Gasteiger partial charge is 0.165 e. The van der Waals surface area contributed by atoms with E-state index in [2.05, 4.69) is 64.7 Å². The third kappa shape index (κ3) is 3.07. The fourth-order valence-corrected chi connectivity index (χ4v) is 5.43. The molecule has 0 spiro atoms. The summed E-state index contributed by atoms with van der Waals surface area (Å²) in [7, 11) is 0. The molecule has 2 aliphatic rings. The van der Waals surface area contributed by atoms with Crippen LogP contribution in [0, 0.1) is 5.92 Å². The van der Waals surface area contributed by atoms with Crippen LogP contribution in [0.25, 0.3) is 39.1 Å². The number of benzene rings is 2. The average Bonchev–Trinajstić information content (AvgIpc) is 3.59. The molecule has 0 radical (unpaired) electrons. The Morgan fingerprint density at radius 2 is 1.70 bits per heavy atom. The molecular weight excluding hydrogens is 408 g/mol. The Morgan fingerprint density at radius 3 is 2.45 bits per heavy atom. The highest BCUT2D eigenvalue weighted by Crippen LogP contribution is 2.56. The van der Waals surface area contributed by atoms with Crippen molar-refractivity contribution in [3.05, 3.63) is 84.7 Å². The molecule has 0 atom stereocenters. The quantitative estimate of drug-likeness (QED) is 0.400. The van der Waals surface area contributed by atoms with E-state index in [1.807, 2.05) is 18.3 Å². The lowest BCUT2D eigenvalue weighted by atomic mass is 9.65. The van der Waals surface area contributed by atoms with Crippen LogP contribution in [0.3, 0.4) is 0 Å². The molecule has 2 aromatic carbocycles. The van der Waals surface area contributed by atoms with Crippen LogP contribution in [0.1, 0.15) is 37.2 Å². The number of fused-ring (bicyclic) bond motifs is 3. The number of nitrogens with zero attached hydrogens (tertiary/aromatic N) is 4. The summed E-state index contributed by atoms with van der Waals surface area (Å²) in [6.45, 7) is 0. The van der Waals surface area contributed by atoms with Crippen molar-refractivity contribution in [1.82, 2.24) is 19.6 Å². The SMILES string of the molecule is OC1(C2CC2)CC(c2ccc(-c3nc4c(cnc5ccnn54)cc3-c3ccccc3)cc2)C1. The normalized spacial score (nSPS) is 22.5. The zero-order chi connectivity index (χ0) is 22.0. The molecule has 0 bridgehead atoms. The molecule has 2 aliphatic carbocycles. The molecule has 2 saturated carbocycles. The van der Waals surface area contributed by atoms with Crippen LogP contribution in [0.2, 0.25) is 0 Å². The molecule has 162 valence electrons. The second kappa shape index (κ2) is 6.96. The average molecular weight is 433 g/mol. The predicted octanol–water partition coefficient (Wildman–Crippen LogP) is 5.63. The van der Waals surface area contributed by atoms with Crippen LogP contribution in [0.15, 0.2) is 79.1 Å². The maximum atomic E-state index is 10.7. The van der Waals surface area contributed by atoms with Crippen molar-refractivity contribution in [3.8, 4) is 22.4 Å². The first-order valence-corrected chi connectivity index (χ1v) is 11.7. The van der Waals surface area contributed by atoms with Crippen molar-refractivity contribution >= 4 is 16.7 Å². The van der Waals surface area contributed by atoms with Gasteiger partial charge in [-0.1, -0.05) is 54.6 Å². The predicted molar refractivity (Wildman–Crippen MR) is 129 cm³/mol. The summed E-state index contributed by atoms with van der Waals surface area (Å²) in [5, 5.41) is 16.1. The Labute approximate surface area is 191 Å². The van der Waals surface area contributed by atoms with Gasteiger partial charge in [-0.25, -0.2) is 9.97 Å². The lowest BCUT2D eigenvalue weighted by Gasteiger charge is -2.44. The molecule has 0 aliphatic heterocycles. The third-order valence-electron chi connectivity index (χ3n) is 7.47. The maximum absolute atomic E-state index is 10.7. The Balaban J connectivity index is 1.32. The Bertz CT molecular complexity index is 1480. The summed E-state index contributed by atoms with van der Waals surface area (Å²) in [5.74, 6) is 0.995. The van der Waals surface area contributed by atoms with Gasteiger partial charge in [0, 0.05) is 28.8 Å². The van der Waals surface area contributed by atoms with Gasteiger partial charge in [-0.3, -0.25) is 0 Å². The van der Waals surface area contributed by atoms with Gasteiger partial charge in [0.15, 0.2) is 11.3 Å². The van der Waals surface area contributed by atoms with Crippen molar-refractivity contribution in [2.45, 2.75) is 37.2 Å². The summed E-state index contributed by atoms with van der Waals surface area (Å²) in [6.07, 6.45) is 7.80. The number of rotatable bonds is 4. The first-order valence-electron chi connectivity index (χ1n) is 11.7. The van der Waals surface area contributed by atoms with Gasteiger partial charge in [0.2, 0.25) is 0 Å². The van der Waals surface area contributed by atoms with Gasteiger partial charge in [-0.15, -0.1) is 0 Å². The second-order valence-corrected chi connectivity index (χ2v) is 9.63. The molecule has 0 amide bonds. The standard InChI is InChI=1S/C28H24N4O/c33-28(23-10-11-23)15-22(16-28)18-6-8-20(9-7-18)26-24(19-4-2-1-3-5-19)14-21-17-29-25-12-13-30-32(25)27(21)31-26/h1-9,12-14,17,22-23,33H,10-11,15-16H2. The van der Waals surface area contributed by atoms with Gasteiger partial charge in [0.1, 0.15) is 0 Å². The molecule has 0 unspecified atom stereocenters. The molecule has 5 heteroatoms. The minimum Gasteiger partial charge on any atom is -0.390 e. The third-order valence-corrected chi connectivity index (χ3v) is 7.47. The van der Waals surface area contributed by atoms with Crippen molar-refractivity contribution in [2.24, 2.45) is 5.92 Å². The molecule has 2 fully saturated rings. The summed E-state index contributed by atoms with van der Waals surface area (Å²) in [4.78, 5) is 9.63. The molecular formula is C28H24N4O. The van der Waals surface area contributed by atoms with E-state index in [1.54, 1.807) is 10.7 Å². The van der Waals surface area contributed by atoms with E-state index in [1.165, 1.54) is 18.4 Å². The molecule has 5 nitrogen and oxygen atoms in total. The molecule has 3 aromatic heterocycles. The van der Waals surface area contributed by atoms with Crippen molar-refractivity contribution < 1.29 is 5.11 Å². The minimum atomic E-state index is -0.410. The summed E-state index contributed by atoms with van der Waals surface area (Å²) >= 11 is 0. The fraction of sp³-hybridized carbons (Fsp3) is 0.250. The van der Waals surface area contributed by atoms with E-state index in [0.29, 0.717) is 11.8 Å². The maximum Gasteiger partial charge on any atom is 0.165 e. The molecule has 33 heavy (non-hydrogen) atoms. The zero-order valence-corrected chi connectivity index (χ0v) is 18.2. The van der Waals surface area contributed by atoms with E-state index in [9.17, 15) is 5.11 Å². The zero-order valence-electron chi connectivity index (χ0n) is 18.2. The van der Waals surface area contributed by atoms with Crippen LogP contribution in [-0.2, 0) is 0 Å². The summed E-state index contributed by atoms with van der Waals surface area (Å²) in [6, 6.07) is 23.2. The van der Waals surface area contributed by atoms with Crippen LogP contribution >= 0.6 is 0 Å². The van der Waals surface area contributed by atoms with Gasteiger partial charge in [0.05, 0.1) is 17.5 Å². The minimum absolute atomic E-state index is 0.410. The lowest BCUT2D eigenvalue weighted by Crippen LogP contribution is -2.44. The second-order valence-electron chi connectivity index (χ2n) is 9.63. The topological polar surface area (TPSA) is 63.3 Å². The number of pyridine rings is 1. The first-order chi connectivity index (χ1) is 16.2. The highest BCUT2D eigenvalue weighted by molar-refractivity contribution is 5.90. The number of hydrogen-bond acceptors (Lipinski definition) is 4. The van der Waals surface area contributed by atoms with Gasteiger partial charge >= 0.3 is 0 Å². The van der Waals surface area contributed by atoms with Crippen LogP contribution < -0.4 is 0 Å². The largest absolute Gasteiger partial charge is 0.390 e. The van der Waals surface area contributed by atoms with Crippen LogP contribution in [0.5, 0.6) is 0 Å². The van der Waals surface area contributed by atoms with Crippen molar-refractivity contribution in [2.75, 3.05) is 0 Å². The molecule has 7 rings (SSSR count). The van der Waals surface area contributed by atoms with Crippen molar-refractivity contribution in [1.29, 1.82) is 0 Å². The van der Waals surface area contributed by atoms with Gasteiger partial charge < -0.3 is 5.11 Å². The molecule has 3 heterocycles. The highest BCUT2D eigenvalue weighted by atomic mass is 16.3. The first kappa shape index (κ1) is 18.9. The van der Waals surface area contributed by atoms with E-state index in [4.69, 9.17) is 4.98 Å². The van der Waals surface area contributed by atoms with Gasteiger partial charge in [-0.05, 0) is 54.7 Å². The molecule has 1 N–H and O–H groups in total. The van der Waals surface area contributed by atoms with Crippen LogP contribution in [-0.4, -0.2) is 30.3 Å². The monoisotopic (exact) mass is 432 g/mol. The van der Waals surface area contributed by atoms with E-state index in [-0.39, 0.29) is 0 Å².